The minimum absolute atomic E-state index is 0.434. The van der Waals surface area contributed by atoms with Crippen molar-refractivity contribution in [1.29, 1.82) is 0 Å². The molecule has 0 amide bonds. The number of hydrogen-bond donors (Lipinski definition) is 2. The van der Waals surface area contributed by atoms with Crippen molar-refractivity contribution in [2.24, 2.45) is 5.73 Å². The van der Waals surface area contributed by atoms with Crippen LogP contribution in [0.3, 0.4) is 0 Å². The summed E-state index contributed by atoms with van der Waals surface area (Å²) in [5.74, 6) is 0. The topological polar surface area (TPSA) is 89.3 Å². The zero-order chi connectivity index (χ0) is 9.97. The zero-order valence-electron chi connectivity index (χ0n) is 7.54. The molecule has 2 heterocycles. The molecule has 0 aliphatic carbocycles. The van der Waals surface area contributed by atoms with Gasteiger partial charge in [-0.1, -0.05) is 6.07 Å². The van der Waals surface area contributed by atoms with Gasteiger partial charge < -0.3 is 10.8 Å². The van der Waals surface area contributed by atoms with Crippen LogP contribution in [0.15, 0.2) is 18.3 Å². The standard InChI is InChI=1S/C8H11N5O/c9-4-3-7(14)6-2-1-5-13-8(6)10-11-12-13/h1-2,5,7,14H,3-4,9H2. The van der Waals surface area contributed by atoms with Crippen LogP contribution in [0.5, 0.6) is 0 Å². The van der Waals surface area contributed by atoms with Gasteiger partial charge in [-0.25, -0.2) is 4.52 Å². The molecule has 0 radical (unpaired) electrons. The van der Waals surface area contributed by atoms with Gasteiger partial charge in [0.05, 0.1) is 6.10 Å². The van der Waals surface area contributed by atoms with Crippen LogP contribution in [0, 0.1) is 0 Å². The fourth-order valence-corrected chi connectivity index (χ4v) is 1.36. The first-order valence-corrected chi connectivity index (χ1v) is 4.37. The molecule has 2 aromatic heterocycles. The Labute approximate surface area is 80.3 Å². The Morgan fingerprint density at radius 3 is 3.21 bits per heavy atom. The van der Waals surface area contributed by atoms with E-state index in [1.165, 1.54) is 4.52 Å². The van der Waals surface area contributed by atoms with E-state index in [1.54, 1.807) is 18.3 Å². The molecule has 1 unspecified atom stereocenters. The summed E-state index contributed by atoms with van der Waals surface area (Å²) >= 11 is 0. The Balaban J connectivity index is 2.45. The number of aliphatic hydroxyl groups is 1. The highest BCUT2D eigenvalue weighted by atomic mass is 16.3. The summed E-state index contributed by atoms with van der Waals surface area (Å²) in [7, 11) is 0. The van der Waals surface area contributed by atoms with E-state index >= 15 is 0 Å². The predicted octanol–water partition coefficient (Wildman–Crippen LogP) is -0.494. The van der Waals surface area contributed by atoms with Crippen LogP contribution in [0.4, 0.5) is 0 Å². The largest absolute Gasteiger partial charge is 0.388 e. The molecule has 2 rings (SSSR count). The quantitative estimate of drug-likeness (QED) is 0.686. The summed E-state index contributed by atoms with van der Waals surface area (Å²) in [4.78, 5) is 0. The third kappa shape index (κ3) is 1.45. The molecule has 6 nitrogen and oxygen atoms in total. The van der Waals surface area contributed by atoms with E-state index in [9.17, 15) is 5.11 Å². The molecule has 0 saturated carbocycles. The van der Waals surface area contributed by atoms with E-state index in [1.807, 2.05) is 0 Å². The van der Waals surface area contributed by atoms with Crippen LogP contribution < -0.4 is 5.73 Å². The minimum Gasteiger partial charge on any atom is -0.388 e. The van der Waals surface area contributed by atoms with Crippen molar-refractivity contribution < 1.29 is 5.11 Å². The maximum atomic E-state index is 9.75. The number of tetrazole rings is 1. The van der Waals surface area contributed by atoms with Gasteiger partial charge in [-0.3, -0.25) is 0 Å². The normalized spacial score (nSPS) is 13.3. The lowest BCUT2D eigenvalue weighted by Crippen LogP contribution is -2.08. The number of aromatic nitrogens is 4. The van der Waals surface area contributed by atoms with Gasteiger partial charge in [-0.05, 0) is 29.5 Å². The van der Waals surface area contributed by atoms with Gasteiger partial charge in [0.2, 0.25) is 0 Å². The summed E-state index contributed by atoms with van der Waals surface area (Å²) in [5.41, 5.74) is 6.66. The molecular formula is C8H11N5O. The number of pyridine rings is 1. The van der Waals surface area contributed by atoms with Crippen LogP contribution >= 0.6 is 0 Å². The van der Waals surface area contributed by atoms with Gasteiger partial charge >= 0.3 is 0 Å². The van der Waals surface area contributed by atoms with Gasteiger partial charge in [0, 0.05) is 11.8 Å². The fourth-order valence-electron chi connectivity index (χ4n) is 1.36. The first kappa shape index (κ1) is 9.04. The highest BCUT2D eigenvalue weighted by Crippen LogP contribution is 2.18. The van der Waals surface area contributed by atoms with Crippen LogP contribution in [-0.2, 0) is 0 Å². The predicted molar refractivity (Wildman–Crippen MR) is 49.4 cm³/mol. The first-order chi connectivity index (χ1) is 6.83. The summed E-state index contributed by atoms with van der Waals surface area (Å²) in [5, 5.41) is 20.8. The molecule has 0 bridgehead atoms. The van der Waals surface area contributed by atoms with Crippen molar-refractivity contribution in [2.75, 3.05) is 6.54 Å². The maximum Gasteiger partial charge on any atom is 0.184 e. The van der Waals surface area contributed by atoms with Crippen molar-refractivity contribution in [1.82, 2.24) is 20.0 Å². The van der Waals surface area contributed by atoms with Crippen LogP contribution in [-0.4, -0.2) is 31.7 Å². The second kappa shape index (κ2) is 3.69. The van der Waals surface area contributed by atoms with Crippen molar-refractivity contribution in [2.45, 2.75) is 12.5 Å². The lowest BCUT2D eigenvalue weighted by molar-refractivity contribution is 0.171. The molecule has 74 valence electrons. The van der Waals surface area contributed by atoms with E-state index in [4.69, 9.17) is 5.73 Å². The molecule has 0 fully saturated rings. The van der Waals surface area contributed by atoms with Crippen LogP contribution in [0.2, 0.25) is 0 Å². The minimum atomic E-state index is -0.602. The highest BCUT2D eigenvalue weighted by molar-refractivity contribution is 5.46. The fraction of sp³-hybridized carbons (Fsp3) is 0.375. The molecule has 3 N–H and O–H groups in total. The second-order valence-corrected chi connectivity index (χ2v) is 3.00. The van der Waals surface area contributed by atoms with Gasteiger partial charge in [0.15, 0.2) is 5.65 Å². The molecule has 6 heteroatoms. The SMILES string of the molecule is NCCC(O)c1cccn2nnnc12. The molecule has 0 aromatic carbocycles. The van der Waals surface area contributed by atoms with Gasteiger partial charge in [0.25, 0.3) is 0 Å². The number of hydrogen-bond acceptors (Lipinski definition) is 5. The third-order valence-corrected chi connectivity index (χ3v) is 2.05. The molecule has 14 heavy (non-hydrogen) atoms. The highest BCUT2D eigenvalue weighted by Gasteiger charge is 2.12. The maximum absolute atomic E-state index is 9.75. The van der Waals surface area contributed by atoms with Crippen molar-refractivity contribution in [3.8, 4) is 0 Å². The Hall–Kier alpha value is -1.53. The smallest absolute Gasteiger partial charge is 0.184 e. The molecule has 0 aliphatic rings. The number of fused-ring (bicyclic) bond motifs is 1. The van der Waals surface area contributed by atoms with Crippen molar-refractivity contribution in [3.63, 3.8) is 0 Å². The monoisotopic (exact) mass is 193 g/mol. The first-order valence-electron chi connectivity index (χ1n) is 4.37. The van der Waals surface area contributed by atoms with Crippen LogP contribution in [0.25, 0.3) is 5.65 Å². The average molecular weight is 193 g/mol. The molecule has 0 aliphatic heterocycles. The third-order valence-electron chi connectivity index (χ3n) is 2.05. The summed E-state index contributed by atoms with van der Waals surface area (Å²) < 4.78 is 1.52. The Bertz CT molecular complexity index is 426. The number of nitrogens with two attached hydrogens (primary N) is 1. The van der Waals surface area contributed by atoms with Crippen molar-refractivity contribution in [3.05, 3.63) is 23.9 Å². The van der Waals surface area contributed by atoms with E-state index in [0.717, 1.165) is 0 Å². The molecule has 1 atom stereocenters. The molecular weight excluding hydrogens is 182 g/mol. The molecule has 2 aromatic rings. The zero-order valence-corrected chi connectivity index (χ0v) is 7.54. The lowest BCUT2D eigenvalue weighted by Gasteiger charge is -2.08. The Morgan fingerprint density at radius 2 is 2.43 bits per heavy atom. The molecule has 0 spiro atoms. The van der Waals surface area contributed by atoms with Gasteiger partial charge in [-0.2, -0.15) is 0 Å². The Kier molecular flexibility index (Phi) is 2.38. The van der Waals surface area contributed by atoms with E-state index in [0.29, 0.717) is 24.2 Å². The lowest BCUT2D eigenvalue weighted by atomic mass is 10.1. The van der Waals surface area contributed by atoms with Crippen LogP contribution in [0.1, 0.15) is 18.1 Å². The van der Waals surface area contributed by atoms with E-state index in [2.05, 4.69) is 15.5 Å². The molecule has 0 saturated heterocycles. The Morgan fingerprint density at radius 1 is 1.57 bits per heavy atom. The van der Waals surface area contributed by atoms with E-state index < -0.39 is 6.10 Å². The second-order valence-electron chi connectivity index (χ2n) is 3.00. The summed E-state index contributed by atoms with van der Waals surface area (Å²) in [6.45, 7) is 0.434. The van der Waals surface area contributed by atoms with E-state index in [-0.39, 0.29) is 0 Å². The van der Waals surface area contributed by atoms with Gasteiger partial charge in [0.1, 0.15) is 0 Å². The van der Waals surface area contributed by atoms with Crippen molar-refractivity contribution >= 4 is 5.65 Å². The number of nitrogens with zero attached hydrogens (tertiary/aromatic N) is 4. The summed E-state index contributed by atoms with van der Waals surface area (Å²) in [6.07, 6.45) is 1.63. The van der Waals surface area contributed by atoms with Gasteiger partial charge in [-0.15, -0.1) is 5.10 Å². The average Bonchev–Trinajstić information content (AvgIpc) is 2.65. The summed E-state index contributed by atoms with van der Waals surface area (Å²) in [6, 6.07) is 3.59. The number of rotatable bonds is 3. The number of aliphatic hydroxyl groups excluding tert-OH is 1.